The predicted molar refractivity (Wildman–Crippen MR) is 140 cm³/mol. The standard InChI is InChI=1S/C29H34N2O2S/c1-20-10-7-15-24(18-20)31(26(32)19-25-16-9-17-34-25)28(27-21(2)11-8-12-22(27)3)29(33)30-23-13-5-4-6-14-23/h7-12,15-18,23,28H,4-6,13-14,19H2,1-3H3,(H,30,33). The van der Waals surface area contributed by atoms with Gasteiger partial charge in [0.1, 0.15) is 6.04 Å². The van der Waals surface area contributed by atoms with E-state index in [9.17, 15) is 9.59 Å². The second kappa shape index (κ2) is 11.0. The van der Waals surface area contributed by atoms with Crippen LogP contribution in [0.25, 0.3) is 0 Å². The Bertz CT molecular complexity index is 1110. The van der Waals surface area contributed by atoms with Gasteiger partial charge in [-0.1, -0.05) is 55.7 Å². The summed E-state index contributed by atoms with van der Waals surface area (Å²) in [6.45, 7) is 6.07. The number of rotatable bonds is 7. The maximum Gasteiger partial charge on any atom is 0.248 e. The normalized spacial score (nSPS) is 15.0. The van der Waals surface area contributed by atoms with Crippen LogP contribution in [0.3, 0.4) is 0 Å². The molecule has 1 aliphatic carbocycles. The molecule has 0 saturated heterocycles. The molecule has 1 fully saturated rings. The van der Waals surface area contributed by atoms with Crippen molar-refractivity contribution in [2.45, 2.75) is 71.4 Å². The molecule has 0 bridgehead atoms. The molecule has 0 spiro atoms. The molecule has 2 aromatic carbocycles. The van der Waals surface area contributed by atoms with Crippen LogP contribution in [0.5, 0.6) is 0 Å². The van der Waals surface area contributed by atoms with Gasteiger partial charge in [-0.2, -0.15) is 0 Å². The van der Waals surface area contributed by atoms with E-state index in [4.69, 9.17) is 0 Å². The van der Waals surface area contributed by atoms with Gasteiger partial charge in [-0.05, 0) is 79.4 Å². The van der Waals surface area contributed by atoms with Gasteiger partial charge in [0.05, 0.1) is 6.42 Å². The molecule has 4 nitrogen and oxygen atoms in total. The smallest absolute Gasteiger partial charge is 0.248 e. The molecule has 34 heavy (non-hydrogen) atoms. The number of amides is 2. The number of nitrogens with one attached hydrogen (secondary N) is 1. The molecule has 1 heterocycles. The highest BCUT2D eigenvalue weighted by Crippen LogP contribution is 2.34. The Kier molecular flexibility index (Phi) is 7.84. The maximum atomic E-state index is 14.0. The third-order valence-electron chi connectivity index (χ3n) is 6.73. The number of aryl methyl sites for hydroxylation is 3. The molecule has 178 valence electrons. The van der Waals surface area contributed by atoms with Crippen molar-refractivity contribution in [2.24, 2.45) is 0 Å². The third kappa shape index (κ3) is 5.58. The highest BCUT2D eigenvalue weighted by atomic mass is 32.1. The van der Waals surface area contributed by atoms with Crippen molar-refractivity contribution >= 4 is 28.8 Å². The largest absolute Gasteiger partial charge is 0.351 e. The first kappa shape index (κ1) is 24.2. The molecule has 2 amide bonds. The lowest BCUT2D eigenvalue weighted by molar-refractivity contribution is -0.127. The molecular formula is C29H34N2O2S. The average molecular weight is 475 g/mol. The number of benzene rings is 2. The summed E-state index contributed by atoms with van der Waals surface area (Å²) in [4.78, 5) is 30.7. The van der Waals surface area contributed by atoms with Crippen molar-refractivity contribution in [2.75, 3.05) is 4.90 Å². The zero-order valence-corrected chi connectivity index (χ0v) is 21.2. The lowest BCUT2D eigenvalue weighted by Crippen LogP contribution is -2.48. The van der Waals surface area contributed by atoms with E-state index in [1.54, 1.807) is 16.2 Å². The fourth-order valence-electron chi connectivity index (χ4n) is 5.03. The number of carbonyl (C=O) groups is 2. The summed E-state index contributed by atoms with van der Waals surface area (Å²) in [6, 6.07) is 17.4. The van der Waals surface area contributed by atoms with Crippen LogP contribution in [0.2, 0.25) is 0 Å². The molecule has 1 aliphatic rings. The Morgan fingerprint density at radius 3 is 2.32 bits per heavy atom. The number of hydrogen-bond donors (Lipinski definition) is 1. The zero-order valence-electron chi connectivity index (χ0n) is 20.3. The topological polar surface area (TPSA) is 49.4 Å². The molecule has 1 N–H and O–H groups in total. The van der Waals surface area contributed by atoms with Gasteiger partial charge < -0.3 is 5.32 Å². The van der Waals surface area contributed by atoms with Gasteiger partial charge in [0, 0.05) is 16.6 Å². The Hall–Kier alpha value is -2.92. The number of carbonyl (C=O) groups excluding carboxylic acids is 2. The minimum absolute atomic E-state index is 0.0699. The van der Waals surface area contributed by atoms with Crippen molar-refractivity contribution in [3.8, 4) is 0 Å². The molecule has 1 aromatic heterocycles. The van der Waals surface area contributed by atoms with E-state index in [-0.39, 0.29) is 24.3 Å². The van der Waals surface area contributed by atoms with Gasteiger partial charge in [0.25, 0.3) is 0 Å². The summed E-state index contributed by atoms with van der Waals surface area (Å²) >= 11 is 1.57. The first-order chi connectivity index (χ1) is 16.4. The lowest BCUT2D eigenvalue weighted by atomic mass is 9.91. The highest BCUT2D eigenvalue weighted by Gasteiger charge is 2.35. The average Bonchev–Trinajstić information content (AvgIpc) is 3.32. The number of hydrogen-bond acceptors (Lipinski definition) is 3. The summed E-state index contributed by atoms with van der Waals surface area (Å²) < 4.78 is 0. The SMILES string of the molecule is Cc1cccc(N(C(=O)Cc2cccs2)C(C(=O)NC2CCCCC2)c2c(C)cccc2C)c1. The van der Waals surface area contributed by atoms with Crippen LogP contribution < -0.4 is 10.2 Å². The summed E-state index contributed by atoms with van der Waals surface area (Å²) in [7, 11) is 0. The van der Waals surface area contributed by atoms with Gasteiger partial charge >= 0.3 is 0 Å². The fourth-order valence-corrected chi connectivity index (χ4v) is 5.72. The molecule has 5 heteroatoms. The van der Waals surface area contributed by atoms with Gasteiger partial charge in [-0.15, -0.1) is 11.3 Å². The Labute approximate surface area is 207 Å². The van der Waals surface area contributed by atoms with Gasteiger partial charge in [0.2, 0.25) is 11.8 Å². The van der Waals surface area contributed by atoms with E-state index in [0.29, 0.717) is 0 Å². The van der Waals surface area contributed by atoms with E-state index in [2.05, 4.69) is 5.32 Å². The molecule has 0 aliphatic heterocycles. The predicted octanol–water partition coefficient (Wildman–Crippen LogP) is 6.44. The van der Waals surface area contributed by atoms with Crippen molar-refractivity contribution in [1.82, 2.24) is 5.32 Å². The summed E-state index contributed by atoms with van der Waals surface area (Å²) in [5.74, 6) is -0.162. The van der Waals surface area contributed by atoms with Crippen molar-refractivity contribution < 1.29 is 9.59 Å². The van der Waals surface area contributed by atoms with E-state index in [1.807, 2.05) is 80.7 Å². The van der Waals surface area contributed by atoms with Crippen molar-refractivity contribution in [1.29, 1.82) is 0 Å². The second-order valence-electron chi connectivity index (χ2n) is 9.41. The molecule has 3 aromatic rings. The van der Waals surface area contributed by atoms with Gasteiger partial charge in [0.15, 0.2) is 0 Å². The van der Waals surface area contributed by atoms with Crippen LogP contribution in [0.4, 0.5) is 5.69 Å². The van der Waals surface area contributed by atoms with Crippen LogP contribution in [0.1, 0.15) is 65.3 Å². The third-order valence-corrected chi connectivity index (χ3v) is 7.60. The first-order valence-electron chi connectivity index (χ1n) is 12.2. The Morgan fingerprint density at radius 2 is 1.68 bits per heavy atom. The van der Waals surface area contributed by atoms with E-state index < -0.39 is 6.04 Å². The second-order valence-corrected chi connectivity index (χ2v) is 10.4. The molecule has 1 unspecified atom stereocenters. The molecule has 0 radical (unpaired) electrons. The Balaban J connectivity index is 1.80. The van der Waals surface area contributed by atoms with E-state index >= 15 is 0 Å². The summed E-state index contributed by atoms with van der Waals surface area (Å²) in [5.41, 5.74) is 4.76. The highest BCUT2D eigenvalue weighted by molar-refractivity contribution is 7.10. The van der Waals surface area contributed by atoms with E-state index in [0.717, 1.165) is 58.5 Å². The van der Waals surface area contributed by atoms with Crippen LogP contribution >= 0.6 is 11.3 Å². The Morgan fingerprint density at radius 1 is 0.971 bits per heavy atom. The number of anilines is 1. The van der Waals surface area contributed by atoms with Crippen LogP contribution in [0, 0.1) is 20.8 Å². The summed E-state index contributed by atoms with van der Waals surface area (Å²) in [6.07, 6.45) is 5.76. The number of thiophene rings is 1. The molecular weight excluding hydrogens is 440 g/mol. The van der Waals surface area contributed by atoms with Gasteiger partial charge in [-0.3, -0.25) is 14.5 Å². The van der Waals surface area contributed by atoms with Gasteiger partial charge in [-0.25, -0.2) is 0 Å². The zero-order chi connectivity index (χ0) is 24.1. The van der Waals surface area contributed by atoms with Crippen LogP contribution in [0.15, 0.2) is 60.0 Å². The fraction of sp³-hybridized carbons (Fsp3) is 0.379. The minimum atomic E-state index is -0.725. The molecule has 1 saturated carbocycles. The molecule has 4 rings (SSSR count). The maximum absolute atomic E-state index is 14.0. The van der Waals surface area contributed by atoms with E-state index in [1.165, 1.54) is 6.42 Å². The summed E-state index contributed by atoms with van der Waals surface area (Å²) in [5, 5.41) is 5.30. The minimum Gasteiger partial charge on any atom is -0.351 e. The molecule has 1 atom stereocenters. The monoisotopic (exact) mass is 474 g/mol. The first-order valence-corrected chi connectivity index (χ1v) is 13.1. The lowest BCUT2D eigenvalue weighted by Gasteiger charge is -2.35. The number of nitrogens with zero attached hydrogens (tertiary/aromatic N) is 1. The van der Waals surface area contributed by atoms with Crippen LogP contribution in [-0.2, 0) is 16.0 Å². The van der Waals surface area contributed by atoms with Crippen molar-refractivity contribution in [3.05, 3.63) is 87.1 Å². The van der Waals surface area contributed by atoms with Crippen LogP contribution in [-0.4, -0.2) is 17.9 Å². The van der Waals surface area contributed by atoms with Crippen molar-refractivity contribution in [3.63, 3.8) is 0 Å². The quantitative estimate of drug-likeness (QED) is 0.428.